The van der Waals surface area contributed by atoms with Gasteiger partial charge in [0.1, 0.15) is 6.04 Å². The van der Waals surface area contributed by atoms with E-state index in [-0.39, 0.29) is 33.5 Å². The third kappa shape index (κ3) is 2.76. The van der Waals surface area contributed by atoms with Gasteiger partial charge in [0.2, 0.25) is 0 Å². The first-order valence-corrected chi connectivity index (χ1v) is 7.09. The molecule has 1 aliphatic heterocycles. The highest BCUT2D eigenvalue weighted by Gasteiger charge is 2.43. The number of carboxylic acid groups (broad SMARTS) is 1. The molecule has 21 heavy (non-hydrogen) atoms. The summed E-state index contributed by atoms with van der Waals surface area (Å²) in [4.78, 5) is 36.9. The molecule has 0 fully saturated rings. The Labute approximate surface area is 131 Å². The molecule has 1 heterocycles. The monoisotopic (exact) mass is 329 g/mol. The van der Waals surface area contributed by atoms with Crippen LogP contribution < -0.4 is 0 Å². The molecule has 1 N–H and O–H groups in total. The summed E-state index contributed by atoms with van der Waals surface area (Å²) < 4.78 is 0. The first-order valence-electron chi connectivity index (χ1n) is 6.33. The van der Waals surface area contributed by atoms with Crippen molar-refractivity contribution in [1.82, 2.24) is 4.90 Å². The van der Waals surface area contributed by atoms with Crippen LogP contribution in [0.4, 0.5) is 0 Å². The molecule has 0 radical (unpaired) electrons. The largest absolute Gasteiger partial charge is 0.480 e. The SMILES string of the molecule is CC(C)C[C@H](C(=O)O)N1C(=O)c2cc(Cl)c(Cl)cc2C1=O. The molecule has 0 spiro atoms. The first kappa shape index (κ1) is 15.8. The zero-order valence-electron chi connectivity index (χ0n) is 11.4. The Kier molecular flexibility index (Phi) is 4.25. The Morgan fingerprint density at radius 3 is 1.90 bits per heavy atom. The lowest BCUT2D eigenvalue weighted by atomic mass is 10.0. The average Bonchev–Trinajstić information content (AvgIpc) is 2.60. The molecule has 0 saturated heterocycles. The Morgan fingerprint density at radius 2 is 1.57 bits per heavy atom. The number of hydrogen-bond donors (Lipinski definition) is 1. The number of halogens is 2. The standard InChI is InChI=1S/C14H13Cl2NO4/c1-6(2)3-11(14(20)21)17-12(18)7-4-9(15)10(16)5-8(7)13(17)19/h4-6,11H,3H2,1-2H3,(H,20,21)/t11-/m1/s1. The van der Waals surface area contributed by atoms with E-state index in [4.69, 9.17) is 23.2 Å². The molecule has 1 aromatic carbocycles. The normalized spacial score (nSPS) is 15.6. The molecule has 2 amide bonds. The zero-order chi connectivity index (χ0) is 15.9. The van der Waals surface area contributed by atoms with Crippen molar-refractivity contribution in [2.45, 2.75) is 26.3 Å². The van der Waals surface area contributed by atoms with Crippen molar-refractivity contribution in [2.75, 3.05) is 0 Å². The number of aliphatic carboxylic acids is 1. The van der Waals surface area contributed by atoms with Crippen LogP contribution in [0.3, 0.4) is 0 Å². The minimum Gasteiger partial charge on any atom is -0.480 e. The van der Waals surface area contributed by atoms with Gasteiger partial charge in [0.15, 0.2) is 0 Å². The topological polar surface area (TPSA) is 74.7 Å². The van der Waals surface area contributed by atoms with E-state index in [1.165, 1.54) is 12.1 Å². The highest BCUT2D eigenvalue weighted by molar-refractivity contribution is 6.43. The minimum absolute atomic E-state index is 0.0163. The predicted molar refractivity (Wildman–Crippen MR) is 77.8 cm³/mol. The summed E-state index contributed by atoms with van der Waals surface area (Å²) in [6.07, 6.45) is 0.183. The third-order valence-corrected chi connectivity index (χ3v) is 3.97. The number of hydrogen-bond acceptors (Lipinski definition) is 3. The molecular weight excluding hydrogens is 317 g/mol. The molecule has 1 aliphatic rings. The number of fused-ring (bicyclic) bond motifs is 1. The summed E-state index contributed by atoms with van der Waals surface area (Å²) in [6, 6.07) is 1.40. The maximum atomic E-state index is 12.3. The van der Waals surface area contributed by atoms with Crippen molar-refractivity contribution in [2.24, 2.45) is 5.92 Å². The molecular formula is C14H13Cl2NO4. The fraction of sp³-hybridized carbons (Fsp3) is 0.357. The lowest BCUT2D eigenvalue weighted by molar-refractivity contribution is -0.142. The van der Waals surface area contributed by atoms with Crippen LogP contribution in [-0.2, 0) is 4.79 Å². The summed E-state index contributed by atoms with van der Waals surface area (Å²) in [6.45, 7) is 3.64. The molecule has 0 bridgehead atoms. The predicted octanol–water partition coefficient (Wildman–Crippen LogP) is 3.09. The van der Waals surface area contributed by atoms with Crippen molar-refractivity contribution in [1.29, 1.82) is 0 Å². The second kappa shape index (κ2) is 5.66. The number of amides is 2. The number of carbonyl (C=O) groups excluding carboxylic acids is 2. The Bertz CT molecular complexity index is 601. The van der Waals surface area contributed by atoms with Crippen LogP contribution in [0.5, 0.6) is 0 Å². The van der Waals surface area contributed by atoms with Crippen molar-refractivity contribution in [3.63, 3.8) is 0 Å². The number of nitrogens with zero attached hydrogens (tertiary/aromatic N) is 1. The molecule has 0 aliphatic carbocycles. The fourth-order valence-electron chi connectivity index (χ4n) is 2.30. The number of carboxylic acids is 1. The van der Waals surface area contributed by atoms with E-state index in [9.17, 15) is 19.5 Å². The Hall–Kier alpha value is -1.59. The summed E-state index contributed by atoms with van der Waals surface area (Å²) in [5.74, 6) is -2.50. The maximum absolute atomic E-state index is 12.3. The van der Waals surface area contributed by atoms with Crippen LogP contribution in [-0.4, -0.2) is 33.8 Å². The number of carbonyl (C=O) groups is 3. The van der Waals surface area contributed by atoms with Gasteiger partial charge in [-0.25, -0.2) is 4.79 Å². The van der Waals surface area contributed by atoms with E-state index in [0.717, 1.165) is 4.90 Å². The van der Waals surface area contributed by atoms with Crippen molar-refractivity contribution < 1.29 is 19.5 Å². The molecule has 0 aromatic heterocycles. The zero-order valence-corrected chi connectivity index (χ0v) is 12.9. The summed E-state index contributed by atoms with van der Waals surface area (Å²) in [7, 11) is 0. The quantitative estimate of drug-likeness (QED) is 0.861. The van der Waals surface area contributed by atoms with Crippen LogP contribution in [0.15, 0.2) is 12.1 Å². The second-order valence-corrected chi connectivity index (χ2v) is 6.09. The van der Waals surface area contributed by atoms with E-state index in [1.54, 1.807) is 0 Å². The van der Waals surface area contributed by atoms with E-state index < -0.39 is 23.8 Å². The van der Waals surface area contributed by atoms with Gasteiger partial charge < -0.3 is 5.11 Å². The van der Waals surface area contributed by atoms with Gasteiger partial charge in [-0.05, 0) is 24.5 Å². The molecule has 2 rings (SSSR count). The Morgan fingerprint density at radius 1 is 1.14 bits per heavy atom. The Balaban J connectivity index is 2.47. The van der Waals surface area contributed by atoms with Gasteiger partial charge in [-0.1, -0.05) is 37.0 Å². The number of rotatable bonds is 4. The highest BCUT2D eigenvalue weighted by atomic mass is 35.5. The van der Waals surface area contributed by atoms with Crippen LogP contribution in [0, 0.1) is 5.92 Å². The van der Waals surface area contributed by atoms with Gasteiger partial charge in [0.25, 0.3) is 11.8 Å². The second-order valence-electron chi connectivity index (χ2n) is 5.28. The van der Waals surface area contributed by atoms with Crippen LogP contribution in [0.25, 0.3) is 0 Å². The van der Waals surface area contributed by atoms with E-state index in [2.05, 4.69) is 0 Å². The van der Waals surface area contributed by atoms with Gasteiger partial charge >= 0.3 is 5.97 Å². The minimum atomic E-state index is -1.21. The first-order chi connectivity index (χ1) is 9.73. The smallest absolute Gasteiger partial charge is 0.326 e. The molecule has 112 valence electrons. The van der Waals surface area contributed by atoms with Crippen molar-refractivity contribution in [3.05, 3.63) is 33.3 Å². The van der Waals surface area contributed by atoms with Crippen LogP contribution >= 0.6 is 23.2 Å². The lowest BCUT2D eigenvalue weighted by Crippen LogP contribution is -2.45. The maximum Gasteiger partial charge on any atom is 0.326 e. The van der Waals surface area contributed by atoms with Crippen LogP contribution in [0.2, 0.25) is 10.0 Å². The van der Waals surface area contributed by atoms with Gasteiger partial charge in [0.05, 0.1) is 21.2 Å². The molecule has 0 saturated carbocycles. The molecule has 0 unspecified atom stereocenters. The number of imide groups is 1. The van der Waals surface area contributed by atoms with Crippen molar-refractivity contribution in [3.8, 4) is 0 Å². The molecule has 1 aromatic rings. The summed E-state index contributed by atoms with van der Waals surface area (Å²) in [5.41, 5.74) is 0.175. The fourth-order valence-corrected chi connectivity index (χ4v) is 2.63. The average molecular weight is 330 g/mol. The lowest BCUT2D eigenvalue weighted by Gasteiger charge is -2.23. The summed E-state index contributed by atoms with van der Waals surface area (Å²) in [5, 5.41) is 9.60. The summed E-state index contributed by atoms with van der Waals surface area (Å²) >= 11 is 11.7. The molecule has 1 atom stereocenters. The third-order valence-electron chi connectivity index (χ3n) is 3.25. The number of benzene rings is 1. The molecule has 5 nitrogen and oxygen atoms in total. The van der Waals surface area contributed by atoms with Crippen LogP contribution in [0.1, 0.15) is 41.0 Å². The van der Waals surface area contributed by atoms with Gasteiger partial charge in [-0.15, -0.1) is 0 Å². The van der Waals surface area contributed by atoms with E-state index in [1.807, 2.05) is 13.8 Å². The van der Waals surface area contributed by atoms with Gasteiger partial charge in [-0.3, -0.25) is 14.5 Å². The van der Waals surface area contributed by atoms with Gasteiger partial charge in [0, 0.05) is 0 Å². The van der Waals surface area contributed by atoms with E-state index in [0.29, 0.717) is 0 Å². The highest BCUT2D eigenvalue weighted by Crippen LogP contribution is 2.33. The molecule has 7 heteroatoms. The van der Waals surface area contributed by atoms with Crippen molar-refractivity contribution >= 4 is 41.0 Å². The van der Waals surface area contributed by atoms with E-state index >= 15 is 0 Å². The van der Waals surface area contributed by atoms with Gasteiger partial charge in [-0.2, -0.15) is 0 Å².